The highest BCUT2D eigenvalue weighted by Crippen LogP contribution is 2.32. The monoisotopic (exact) mass is 256 g/mol. The summed E-state index contributed by atoms with van der Waals surface area (Å²) in [7, 11) is 0. The molecule has 0 heterocycles. The van der Waals surface area contributed by atoms with Crippen LogP contribution in [-0.4, -0.2) is 0 Å². The molecular formula is C11H4ClF3N2. The summed E-state index contributed by atoms with van der Waals surface area (Å²) in [4.78, 5) is 0. The molecule has 0 aliphatic heterocycles. The van der Waals surface area contributed by atoms with Crippen LogP contribution in [-0.2, 0) is 6.18 Å². The van der Waals surface area contributed by atoms with Gasteiger partial charge in [0.05, 0.1) is 5.56 Å². The van der Waals surface area contributed by atoms with Crippen molar-refractivity contribution in [3.05, 3.63) is 39.9 Å². The number of halogens is 4. The van der Waals surface area contributed by atoms with Crippen molar-refractivity contribution in [2.45, 2.75) is 6.18 Å². The Morgan fingerprint density at radius 2 is 1.82 bits per heavy atom. The smallest absolute Gasteiger partial charge is 0.192 e. The molecule has 17 heavy (non-hydrogen) atoms. The van der Waals surface area contributed by atoms with Gasteiger partial charge in [0.2, 0.25) is 0 Å². The molecule has 0 saturated carbocycles. The Balaban J connectivity index is 3.22. The van der Waals surface area contributed by atoms with Crippen LogP contribution in [0.25, 0.3) is 6.08 Å². The predicted molar refractivity (Wildman–Crippen MR) is 55.7 cm³/mol. The van der Waals surface area contributed by atoms with Gasteiger partial charge >= 0.3 is 6.18 Å². The lowest BCUT2D eigenvalue weighted by atomic mass is 10.1. The minimum atomic E-state index is -4.47. The number of rotatable bonds is 1. The fourth-order valence-electron chi connectivity index (χ4n) is 1.07. The third-order valence-corrected chi connectivity index (χ3v) is 2.20. The summed E-state index contributed by atoms with van der Waals surface area (Å²) in [6, 6.07) is 5.88. The van der Waals surface area contributed by atoms with Crippen LogP contribution in [0.5, 0.6) is 0 Å². The molecule has 1 aromatic rings. The largest absolute Gasteiger partial charge is 0.416 e. The molecule has 0 spiro atoms. The van der Waals surface area contributed by atoms with Crippen LogP contribution < -0.4 is 0 Å². The molecule has 0 N–H and O–H groups in total. The first-order valence-electron chi connectivity index (χ1n) is 4.27. The fraction of sp³-hybridized carbons (Fsp3) is 0.0909. The van der Waals surface area contributed by atoms with Crippen LogP contribution >= 0.6 is 11.6 Å². The average Bonchev–Trinajstić information content (AvgIpc) is 2.26. The number of alkyl halides is 3. The van der Waals surface area contributed by atoms with Gasteiger partial charge in [0, 0.05) is 5.02 Å². The van der Waals surface area contributed by atoms with Crippen molar-refractivity contribution in [1.29, 1.82) is 10.5 Å². The number of allylic oxidation sites excluding steroid dienone is 1. The van der Waals surface area contributed by atoms with Crippen molar-refractivity contribution in [2.24, 2.45) is 0 Å². The summed E-state index contributed by atoms with van der Waals surface area (Å²) >= 11 is 5.63. The Morgan fingerprint density at radius 1 is 1.24 bits per heavy atom. The third kappa shape index (κ3) is 3.24. The van der Waals surface area contributed by atoms with E-state index in [9.17, 15) is 13.2 Å². The third-order valence-electron chi connectivity index (χ3n) is 1.87. The zero-order valence-corrected chi connectivity index (χ0v) is 8.97. The maximum atomic E-state index is 12.3. The number of benzene rings is 1. The molecular weight excluding hydrogens is 253 g/mol. The molecule has 0 fully saturated rings. The van der Waals surface area contributed by atoms with Gasteiger partial charge in [-0.25, -0.2) is 0 Å². The Morgan fingerprint density at radius 3 is 2.24 bits per heavy atom. The quantitative estimate of drug-likeness (QED) is 0.718. The van der Waals surface area contributed by atoms with Gasteiger partial charge in [-0.1, -0.05) is 17.7 Å². The van der Waals surface area contributed by atoms with Crippen LogP contribution in [0.3, 0.4) is 0 Å². The van der Waals surface area contributed by atoms with Crippen molar-refractivity contribution in [3.63, 3.8) is 0 Å². The SMILES string of the molecule is N#CC(C#N)=Cc1ccc(C(F)(F)F)cc1Cl. The van der Waals surface area contributed by atoms with Crippen LogP contribution in [0.1, 0.15) is 11.1 Å². The highest BCUT2D eigenvalue weighted by molar-refractivity contribution is 6.32. The highest BCUT2D eigenvalue weighted by Gasteiger charge is 2.30. The maximum absolute atomic E-state index is 12.3. The van der Waals surface area contributed by atoms with Gasteiger partial charge in [-0.05, 0) is 23.8 Å². The molecule has 0 unspecified atom stereocenters. The first-order chi connectivity index (χ1) is 7.88. The normalized spacial score (nSPS) is 10.2. The lowest BCUT2D eigenvalue weighted by Crippen LogP contribution is -2.04. The average molecular weight is 257 g/mol. The van der Waals surface area contributed by atoms with Crippen LogP contribution in [0.2, 0.25) is 5.02 Å². The van der Waals surface area contributed by atoms with Crippen LogP contribution in [0.4, 0.5) is 13.2 Å². The van der Waals surface area contributed by atoms with Crippen molar-refractivity contribution in [2.75, 3.05) is 0 Å². The van der Waals surface area contributed by atoms with E-state index in [2.05, 4.69) is 0 Å². The molecule has 0 aromatic heterocycles. The van der Waals surface area contributed by atoms with Gasteiger partial charge in [-0.15, -0.1) is 0 Å². The molecule has 6 heteroatoms. The maximum Gasteiger partial charge on any atom is 0.416 e. The Kier molecular flexibility index (Phi) is 3.77. The summed E-state index contributed by atoms with van der Waals surface area (Å²) in [5.74, 6) is 0. The number of nitrogens with zero attached hydrogens (tertiary/aromatic N) is 2. The van der Waals surface area contributed by atoms with Gasteiger partial charge in [-0.2, -0.15) is 23.7 Å². The van der Waals surface area contributed by atoms with Crippen molar-refractivity contribution < 1.29 is 13.2 Å². The van der Waals surface area contributed by atoms with Crippen molar-refractivity contribution >= 4 is 17.7 Å². The first-order valence-corrected chi connectivity index (χ1v) is 4.65. The number of hydrogen-bond donors (Lipinski definition) is 0. The van der Waals surface area contributed by atoms with Crippen molar-refractivity contribution in [3.8, 4) is 12.1 Å². The van der Waals surface area contributed by atoms with E-state index < -0.39 is 11.7 Å². The van der Waals surface area contributed by atoms with Gasteiger partial charge in [0.1, 0.15) is 17.7 Å². The molecule has 1 aromatic carbocycles. The topological polar surface area (TPSA) is 47.6 Å². The molecule has 0 aliphatic rings. The van der Waals surface area contributed by atoms with E-state index in [1.165, 1.54) is 0 Å². The van der Waals surface area contributed by atoms with Gasteiger partial charge in [-0.3, -0.25) is 0 Å². The standard InChI is InChI=1S/C11H4ClF3N2/c12-10-4-9(11(13,14)15)2-1-8(10)3-7(5-16)6-17/h1-4H. The first kappa shape index (κ1) is 13.1. The van der Waals surface area contributed by atoms with E-state index in [4.69, 9.17) is 22.1 Å². The van der Waals surface area contributed by atoms with E-state index >= 15 is 0 Å². The zero-order valence-electron chi connectivity index (χ0n) is 8.22. The second kappa shape index (κ2) is 4.90. The van der Waals surface area contributed by atoms with Gasteiger partial charge in [0.25, 0.3) is 0 Å². The molecule has 86 valence electrons. The van der Waals surface area contributed by atoms with Crippen LogP contribution in [0, 0.1) is 22.7 Å². The fourth-order valence-corrected chi connectivity index (χ4v) is 1.30. The summed E-state index contributed by atoms with van der Waals surface area (Å²) in [5.41, 5.74) is -0.917. The summed E-state index contributed by atoms with van der Waals surface area (Å²) < 4.78 is 36.9. The van der Waals surface area contributed by atoms with E-state index in [1.807, 2.05) is 0 Å². The van der Waals surface area contributed by atoms with E-state index in [1.54, 1.807) is 12.1 Å². The van der Waals surface area contributed by atoms with E-state index in [-0.39, 0.29) is 16.2 Å². The molecule has 0 amide bonds. The molecule has 2 nitrogen and oxygen atoms in total. The summed E-state index contributed by atoms with van der Waals surface area (Å²) in [5, 5.41) is 16.8. The van der Waals surface area contributed by atoms with E-state index in [0.717, 1.165) is 24.3 Å². The Bertz CT molecular complexity index is 531. The van der Waals surface area contributed by atoms with Gasteiger partial charge in [0.15, 0.2) is 0 Å². The Labute approximate surface area is 100 Å². The summed E-state index contributed by atoms with van der Waals surface area (Å²) in [6.07, 6.45) is -3.35. The molecule has 0 aliphatic carbocycles. The lowest BCUT2D eigenvalue weighted by molar-refractivity contribution is -0.137. The second-order valence-corrected chi connectivity index (χ2v) is 3.42. The molecule has 0 bridgehead atoms. The van der Waals surface area contributed by atoms with Crippen molar-refractivity contribution in [1.82, 2.24) is 0 Å². The Hall–Kier alpha value is -1.98. The molecule has 0 saturated heterocycles. The molecule has 0 atom stereocenters. The number of hydrogen-bond acceptors (Lipinski definition) is 2. The zero-order chi connectivity index (χ0) is 13.1. The minimum Gasteiger partial charge on any atom is -0.192 e. The predicted octanol–water partition coefficient (Wildman–Crippen LogP) is 3.79. The van der Waals surface area contributed by atoms with Gasteiger partial charge < -0.3 is 0 Å². The highest BCUT2D eigenvalue weighted by atomic mass is 35.5. The van der Waals surface area contributed by atoms with Crippen LogP contribution in [0.15, 0.2) is 23.8 Å². The second-order valence-electron chi connectivity index (χ2n) is 3.02. The number of nitriles is 2. The van der Waals surface area contributed by atoms with E-state index in [0.29, 0.717) is 0 Å². The molecule has 1 rings (SSSR count). The minimum absolute atomic E-state index is 0.164. The molecule has 0 radical (unpaired) electrons. The summed E-state index contributed by atoms with van der Waals surface area (Å²) in [6.45, 7) is 0. The lowest BCUT2D eigenvalue weighted by Gasteiger charge is -2.07.